The number of rotatable bonds is 4. The second-order valence-electron chi connectivity index (χ2n) is 6.23. The first-order valence-electron chi connectivity index (χ1n) is 8.91. The highest BCUT2D eigenvalue weighted by molar-refractivity contribution is 8.93. The molecule has 0 spiro atoms. The number of carbonyl (C=O) groups excluding carboxylic acids is 1. The summed E-state index contributed by atoms with van der Waals surface area (Å²) in [4.78, 5) is 17.7. The smallest absolute Gasteiger partial charge is 0.279 e. The van der Waals surface area contributed by atoms with Gasteiger partial charge in [0.1, 0.15) is 5.75 Å². The van der Waals surface area contributed by atoms with Crippen LogP contribution in [0.2, 0.25) is 5.02 Å². The van der Waals surface area contributed by atoms with E-state index < -0.39 is 0 Å². The molecule has 0 aliphatic rings. The molecule has 4 nitrogen and oxygen atoms in total. The predicted octanol–water partition coefficient (Wildman–Crippen LogP) is 6.19. The molecule has 4 aromatic rings. The molecule has 0 aliphatic heterocycles. The first kappa shape index (κ1) is 22.0. The molecule has 30 heavy (non-hydrogen) atoms. The van der Waals surface area contributed by atoms with Gasteiger partial charge in [0.05, 0.1) is 12.8 Å². The summed E-state index contributed by atoms with van der Waals surface area (Å²) in [6.07, 6.45) is 0. The third-order valence-corrected chi connectivity index (χ3v) is 5.47. The van der Waals surface area contributed by atoms with Crippen molar-refractivity contribution in [1.29, 1.82) is 0 Å². The molecular formula is C23H18BrClN2O2S. The number of thiazole rings is 1. The highest BCUT2D eigenvalue weighted by atomic mass is 79.9. The fourth-order valence-electron chi connectivity index (χ4n) is 2.92. The van der Waals surface area contributed by atoms with Crippen molar-refractivity contribution < 1.29 is 9.53 Å². The Hall–Kier alpha value is -2.67. The lowest BCUT2D eigenvalue weighted by Crippen LogP contribution is -2.16. The van der Waals surface area contributed by atoms with Crippen molar-refractivity contribution in [3.63, 3.8) is 0 Å². The third-order valence-electron chi connectivity index (χ3n) is 4.40. The van der Waals surface area contributed by atoms with Gasteiger partial charge in [0.2, 0.25) is 0 Å². The maximum absolute atomic E-state index is 12.7. The van der Waals surface area contributed by atoms with Crippen LogP contribution in [0.25, 0.3) is 16.9 Å². The van der Waals surface area contributed by atoms with E-state index in [-0.39, 0.29) is 22.9 Å². The fraction of sp³-hybridized carbons (Fsp3) is 0.0435. The topological polar surface area (TPSA) is 43.6 Å². The Balaban J connectivity index is 0.00000256. The number of ether oxygens (including phenoxy) is 1. The van der Waals surface area contributed by atoms with Gasteiger partial charge in [-0.2, -0.15) is 4.99 Å². The van der Waals surface area contributed by atoms with Gasteiger partial charge in [0, 0.05) is 21.7 Å². The van der Waals surface area contributed by atoms with Crippen molar-refractivity contribution in [3.05, 3.63) is 99.6 Å². The lowest BCUT2D eigenvalue weighted by atomic mass is 10.1. The highest BCUT2D eigenvalue weighted by Gasteiger charge is 2.12. The van der Waals surface area contributed by atoms with Crippen LogP contribution in [0.5, 0.6) is 5.75 Å². The van der Waals surface area contributed by atoms with E-state index in [1.807, 2.05) is 76.7 Å². The van der Waals surface area contributed by atoms with Crippen LogP contribution in [0.3, 0.4) is 0 Å². The largest absolute Gasteiger partial charge is 0.497 e. The molecule has 0 atom stereocenters. The van der Waals surface area contributed by atoms with Crippen molar-refractivity contribution in [3.8, 4) is 22.7 Å². The summed E-state index contributed by atoms with van der Waals surface area (Å²) in [6, 6.07) is 24.3. The molecule has 1 heterocycles. The monoisotopic (exact) mass is 500 g/mol. The maximum atomic E-state index is 12.7. The molecule has 1 aromatic heterocycles. The summed E-state index contributed by atoms with van der Waals surface area (Å²) in [5.41, 5.74) is 3.35. The Bertz CT molecular complexity index is 1200. The zero-order valence-corrected chi connectivity index (χ0v) is 19.3. The van der Waals surface area contributed by atoms with Crippen LogP contribution in [0.15, 0.2) is 89.2 Å². The van der Waals surface area contributed by atoms with Gasteiger partial charge in [-0.1, -0.05) is 29.8 Å². The molecule has 0 saturated carbocycles. The van der Waals surface area contributed by atoms with Crippen LogP contribution in [0.1, 0.15) is 10.4 Å². The van der Waals surface area contributed by atoms with Crippen LogP contribution in [-0.2, 0) is 0 Å². The minimum atomic E-state index is -0.281. The van der Waals surface area contributed by atoms with Crippen molar-refractivity contribution in [2.75, 3.05) is 7.11 Å². The van der Waals surface area contributed by atoms with Crippen molar-refractivity contribution in [1.82, 2.24) is 4.57 Å². The second-order valence-corrected chi connectivity index (χ2v) is 7.50. The molecule has 4 rings (SSSR count). The Morgan fingerprint density at radius 2 is 1.63 bits per heavy atom. The SMILES string of the molecule is Br.COc1ccc(-c2csc(=NC(=O)c3ccccc3)n2-c2ccc(Cl)cc2)cc1. The van der Waals surface area contributed by atoms with Crippen LogP contribution in [0.4, 0.5) is 0 Å². The molecule has 1 amide bonds. The fourth-order valence-corrected chi connectivity index (χ4v) is 3.95. The van der Waals surface area contributed by atoms with Crippen LogP contribution >= 0.6 is 39.9 Å². The number of benzene rings is 3. The average molecular weight is 502 g/mol. The normalized spacial score (nSPS) is 11.1. The van der Waals surface area contributed by atoms with Gasteiger partial charge in [-0.3, -0.25) is 9.36 Å². The molecule has 0 bridgehead atoms. The molecule has 7 heteroatoms. The number of methoxy groups -OCH3 is 1. The number of hydrogen-bond donors (Lipinski definition) is 0. The molecule has 0 N–H and O–H groups in total. The van der Waals surface area contributed by atoms with Crippen molar-refractivity contribution in [2.45, 2.75) is 0 Å². The van der Waals surface area contributed by atoms with E-state index in [0.717, 1.165) is 22.7 Å². The lowest BCUT2D eigenvalue weighted by molar-refractivity contribution is 0.0998. The molecule has 0 saturated heterocycles. The van der Waals surface area contributed by atoms with Gasteiger partial charge in [0.25, 0.3) is 5.91 Å². The van der Waals surface area contributed by atoms with Gasteiger partial charge < -0.3 is 4.74 Å². The maximum Gasteiger partial charge on any atom is 0.279 e. The molecule has 0 aliphatic carbocycles. The number of aromatic nitrogens is 1. The number of nitrogens with zero attached hydrogens (tertiary/aromatic N) is 2. The summed E-state index contributed by atoms with van der Waals surface area (Å²) >= 11 is 7.48. The summed E-state index contributed by atoms with van der Waals surface area (Å²) in [7, 11) is 1.64. The van der Waals surface area contributed by atoms with E-state index in [0.29, 0.717) is 15.4 Å². The zero-order valence-electron chi connectivity index (χ0n) is 16.0. The van der Waals surface area contributed by atoms with Crippen molar-refractivity contribution in [2.24, 2.45) is 4.99 Å². The lowest BCUT2D eigenvalue weighted by Gasteiger charge is -2.10. The van der Waals surface area contributed by atoms with Crippen molar-refractivity contribution >= 4 is 45.8 Å². The number of carbonyl (C=O) groups is 1. The Morgan fingerprint density at radius 3 is 2.27 bits per heavy atom. The first-order valence-corrected chi connectivity index (χ1v) is 10.2. The average Bonchev–Trinajstić information content (AvgIpc) is 3.18. The zero-order chi connectivity index (χ0) is 20.2. The standard InChI is InChI=1S/C23H17ClN2O2S.BrH/c1-28-20-13-7-16(8-14-20)21-15-29-23(25-22(27)17-5-3-2-4-6-17)26(21)19-11-9-18(24)10-12-19;/h2-15H,1H3;1H. The van der Waals surface area contributed by atoms with E-state index in [2.05, 4.69) is 4.99 Å². The van der Waals surface area contributed by atoms with Gasteiger partial charge in [-0.15, -0.1) is 28.3 Å². The second kappa shape index (κ2) is 9.89. The number of halogens is 2. The molecule has 152 valence electrons. The quantitative estimate of drug-likeness (QED) is 0.335. The Kier molecular flexibility index (Phi) is 7.26. The molecular weight excluding hydrogens is 484 g/mol. The van der Waals surface area contributed by atoms with Gasteiger partial charge in [0.15, 0.2) is 4.80 Å². The third kappa shape index (κ3) is 4.73. The predicted molar refractivity (Wildman–Crippen MR) is 127 cm³/mol. The summed E-state index contributed by atoms with van der Waals surface area (Å²) < 4.78 is 7.22. The van der Waals surface area contributed by atoms with Crippen LogP contribution in [0, 0.1) is 0 Å². The summed E-state index contributed by atoms with van der Waals surface area (Å²) in [5, 5.41) is 2.64. The summed E-state index contributed by atoms with van der Waals surface area (Å²) in [5.74, 6) is 0.502. The minimum Gasteiger partial charge on any atom is -0.497 e. The van der Waals surface area contributed by atoms with Gasteiger partial charge >= 0.3 is 0 Å². The Morgan fingerprint density at radius 1 is 0.967 bits per heavy atom. The molecule has 0 fully saturated rings. The van der Waals surface area contributed by atoms with E-state index in [1.54, 1.807) is 19.2 Å². The Labute approximate surface area is 193 Å². The van der Waals surface area contributed by atoms with E-state index in [9.17, 15) is 4.79 Å². The van der Waals surface area contributed by atoms with Crippen LogP contribution < -0.4 is 9.54 Å². The van der Waals surface area contributed by atoms with E-state index in [4.69, 9.17) is 16.3 Å². The summed E-state index contributed by atoms with van der Waals surface area (Å²) in [6.45, 7) is 0. The molecule has 0 radical (unpaired) electrons. The molecule has 3 aromatic carbocycles. The van der Waals surface area contributed by atoms with E-state index in [1.165, 1.54) is 11.3 Å². The van der Waals surface area contributed by atoms with Gasteiger partial charge in [-0.05, 0) is 66.2 Å². The van der Waals surface area contributed by atoms with Crippen LogP contribution in [-0.4, -0.2) is 17.6 Å². The number of hydrogen-bond acceptors (Lipinski definition) is 3. The number of amides is 1. The van der Waals surface area contributed by atoms with Gasteiger partial charge in [-0.25, -0.2) is 0 Å². The first-order chi connectivity index (χ1) is 14.2. The molecule has 0 unspecified atom stereocenters. The highest BCUT2D eigenvalue weighted by Crippen LogP contribution is 2.26. The van der Waals surface area contributed by atoms with E-state index >= 15 is 0 Å². The minimum absolute atomic E-state index is 0.